The van der Waals surface area contributed by atoms with Crippen LogP contribution < -0.4 is 9.47 Å². The quantitative estimate of drug-likeness (QED) is 0.685. The molecule has 0 radical (unpaired) electrons. The minimum Gasteiger partial charge on any atom is -0.497 e. The first-order valence-corrected chi connectivity index (χ1v) is 10.1. The molecule has 2 heterocycles. The summed E-state index contributed by atoms with van der Waals surface area (Å²) >= 11 is 0. The maximum Gasteiger partial charge on any atom is 0.406 e. The molecule has 1 unspecified atom stereocenters. The number of halogens is 3. The van der Waals surface area contributed by atoms with Crippen LogP contribution >= 0.6 is 0 Å². The topological polar surface area (TPSA) is 42.0 Å². The van der Waals surface area contributed by atoms with E-state index in [1.54, 1.807) is 14.2 Å². The number of hydrogen-bond donors (Lipinski definition) is 0. The van der Waals surface area contributed by atoms with E-state index in [4.69, 9.17) is 9.47 Å². The third kappa shape index (κ3) is 5.78. The van der Waals surface area contributed by atoms with E-state index < -0.39 is 12.7 Å². The van der Waals surface area contributed by atoms with Gasteiger partial charge in [0.1, 0.15) is 18.0 Å². The number of ether oxygens (including phenoxy) is 2. The Morgan fingerprint density at radius 3 is 2.17 bits per heavy atom. The average Bonchev–Trinajstić information content (AvgIpc) is 3.05. The summed E-state index contributed by atoms with van der Waals surface area (Å²) in [7, 11) is 3.27. The van der Waals surface area contributed by atoms with E-state index in [2.05, 4.69) is 4.90 Å². The number of carbonyl (C=O) groups is 1. The number of alkyl halides is 3. The molecule has 0 aliphatic carbocycles. The molecule has 29 heavy (non-hydrogen) atoms. The Hall–Kier alpha value is -1.96. The number of hydrogen-bond acceptors (Lipinski definition) is 4. The van der Waals surface area contributed by atoms with Crippen molar-refractivity contribution in [1.82, 2.24) is 9.80 Å². The molecule has 3 rings (SSSR count). The van der Waals surface area contributed by atoms with Crippen molar-refractivity contribution in [2.45, 2.75) is 44.3 Å². The monoisotopic (exact) mass is 414 g/mol. The van der Waals surface area contributed by atoms with Gasteiger partial charge in [0, 0.05) is 12.6 Å². The van der Waals surface area contributed by atoms with Gasteiger partial charge >= 0.3 is 6.18 Å². The van der Waals surface area contributed by atoms with Gasteiger partial charge in [-0.05, 0) is 68.8 Å². The van der Waals surface area contributed by atoms with Crippen LogP contribution in [-0.2, 0) is 11.2 Å². The largest absolute Gasteiger partial charge is 0.497 e. The summed E-state index contributed by atoms with van der Waals surface area (Å²) < 4.78 is 48.4. The lowest BCUT2D eigenvalue weighted by atomic mass is 9.89. The summed E-state index contributed by atoms with van der Waals surface area (Å²) in [4.78, 5) is 15.4. The Morgan fingerprint density at radius 1 is 1.00 bits per heavy atom. The molecule has 0 bridgehead atoms. The zero-order valence-electron chi connectivity index (χ0n) is 17.0. The number of rotatable bonds is 7. The maximum atomic E-state index is 12.6. The molecule has 0 saturated carbocycles. The lowest BCUT2D eigenvalue weighted by molar-refractivity contribution is -0.159. The Labute approximate surface area is 169 Å². The van der Waals surface area contributed by atoms with Crippen LogP contribution in [0.1, 0.15) is 31.2 Å². The van der Waals surface area contributed by atoms with E-state index in [-0.39, 0.29) is 18.5 Å². The maximum absolute atomic E-state index is 12.6. The summed E-state index contributed by atoms with van der Waals surface area (Å²) in [6, 6.07) is 5.50. The first-order chi connectivity index (χ1) is 13.8. The Morgan fingerprint density at radius 2 is 1.62 bits per heavy atom. The Balaban J connectivity index is 1.47. The van der Waals surface area contributed by atoms with E-state index in [0.717, 1.165) is 60.7 Å². The molecule has 0 aromatic heterocycles. The number of nitrogens with zero attached hydrogens (tertiary/aromatic N) is 2. The van der Waals surface area contributed by atoms with Gasteiger partial charge in [-0.2, -0.15) is 13.2 Å². The van der Waals surface area contributed by atoms with Crippen LogP contribution in [0.25, 0.3) is 0 Å². The summed E-state index contributed by atoms with van der Waals surface area (Å²) in [6.07, 6.45) is 0.0285. The smallest absolute Gasteiger partial charge is 0.406 e. The van der Waals surface area contributed by atoms with E-state index in [1.165, 1.54) is 0 Å². The molecule has 2 saturated heterocycles. The highest BCUT2D eigenvalue weighted by Crippen LogP contribution is 2.30. The molecule has 2 fully saturated rings. The van der Waals surface area contributed by atoms with Crippen LogP contribution in [0.5, 0.6) is 11.5 Å². The number of benzene rings is 1. The third-order valence-corrected chi connectivity index (χ3v) is 5.98. The normalized spacial score (nSPS) is 21.6. The fourth-order valence-corrected chi connectivity index (χ4v) is 4.37. The molecule has 5 nitrogen and oxygen atoms in total. The summed E-state index contributed by atoms with van der Waals surface area (Å²) in [5.74, 6) is 1.73. The standard InChI is InChI=1S/C21H29F3N2O3/c1-28-17-11-16(12-18(13-17)29-2)4-3-15-5-8-25(9-6-15)19-7-10-26(20(19)27)14-21(22,23)24/h11-13,15,19H,3-10,14H2,1-2H3. The molecule has 8 heteroatoms. The number of likely N-dealkylation sites (tertiary alicyclic amines) is 2. The molecule has 2 aliphatic heterocycles. The lowest BCUT2D eigenvalue weighted by Gasteiger charge is -2.35. The molecule has 1 aromatic carbocycles. The van der Waals surface area contributed by atoms with Gasteiger partial charge in [-0.25, -0.2) is 0 Å². The minimum atomic E-state index is -4.33. The highest BCUT2D eigenvalue weighted by molar-refractivity contribution is 5.84. The summed E-state index contributed by atoms with van der Waals surface area (Å²) in [5.41, 5.74) is 1.16. The van der Waals surface area contributed by atoms with Gasteiger partial charge in [0.25, 0.3) is 0 Å². The van der Waals surface area contributed by atoms with Gasteiger partial charge in [-0.1, -0.05) is 0 Å². The fourth-order valence-electron chi connectivity index (χ4n) is 4.37. The summed E-state index contributed by atoms with van der Waals surface area (Å²) in [5, 5.41) is 0. The number of amides is 1. The van der Waals surface area contributed by atoms with Crippen LogP contribution in [0.3, 0.4) is 0 Å². The molecule has 0 N–H and O–H groups in total. The van der Waals surface area contributed by atoms with Gasteiger partial charge in [-0.3, -0.25) is 9.69 Å². The van der Waals surface area contributed by atoms with Crippen molar-refractivity contribution in [3.63, 3.8) is 0 Å². The molecule has 1 atom stereocenters. The van der Waals surface area contributed by atoms with Crippen LogP contribution in [-0.4, -0.2) is 68.3 Å². The molecule has 162 valence electrons. The second kappa shape index (κ2) is 9.24. The second-order valence-corrected chi connectivity index (χ2v) is 7.92. The molecular weight excluding hydrogens is 385 g/mol. The first kappa shape index (κ1) is 21.7. The van der Waals surface area contributed by atoms with Crippen LogP contribution in [0.15, 0.2) is 18.2 Å². The van der Waals surface area contributed by atoms with Gasteiger partial charge in [-0.15, -0.1) is 0 Å². The number of aryl methyl sites for hydroxylation is 1. The van der Waals surface area contributed by atoms with Crippen molar-refractivity contribution in [3.8, 4) is 11.5 Å². The molecule has 0 spiro atoms. The van der Waals surface area contributed by atoms with Crippen LogP contribution in [0, 0.1) is 5.92 Å². The fraction of sp³-hybridized carbons (Fsp3) is 0.667. The van der Waals surface area contributed by atoms with Crippen molar-refractivity contribution in [2.24, 2.45) is 5.92 Å². The van der Waals surface area contributed by atoms with Crippen molar-refractivity contribution in [1.29, 1.82) is 0 Å². The predicted octanol–water partition coefficient (Wildman–Crippen LogP) is 3.51. The minimum absolute atomic E-state index is 0.195. The van der Waals surface area contributed by atoms with Crippen molar-refractivity contribution in [2.75, 3.05) is 40.4 Å². The molecular formula is C21H29F3N2O3. The van der Waals surface area contributed by atoms with Crippen molar-refractivity contribution >= 4 is 5.91 Å². The van der Waals surface area contributed by atoms with Crippen LogP contribution in [0.4, 0.5) is 13.2 Å². The SMILES string of the molecule is COc1cc(CCC2CCN(C3CCN(CC(F)(F)F)C3=O)CC2)cc(OC)c1. The van der Waals surface area contributed by atoms with E-state index >= 15 is 0 Å². The molecule has 1 amide bonds. The second-order valence-electron chi connectivity index (χ2n) is 7.92. The van der Waals surface area contributed by atoms with Gasteiger partial charge in [0.05, 0.1) is 20.3 Å². The van der Waals surface area contributed by atoms with E-state index in [9.17, 15) is 18.0 Å². The Kier molecular flexibility index (Phi) is 6.93. The highest BCUT2D eigenvalue weighted by Gasteiger charge is 2.42. The van der Waals surface area contributed by atoms with Crippen molar-refractivity contribution < 1.29 is 27.4 Å². The summed E-state index contributed by atoms with van der Waals surface area (Å²) in [6.45, 7) is 0.591. The van der Waals surface area contributed by atoms with E-state index in [0.29, 0.717) is 12.3 Å². The molecule has 1 aromatic rings. The zero-order chi connectivity index (χ0) is 21.0. The molecule has 2 aliphatic rings. The third-order valence-electron chi connectivity index (χ3n) is 5.98. The van der Waals surface area contributed by atoms with E-state index in [1.807, 2.05) is 18.2 Å². The lowest BCUT2D eigenvalue weighted by Crippen LogP contribution is -2.47. The van der Waals surface area contributed by atoms with Crippen molar-refractivity contribution in [3.05, 3.63) is 23.8 Å². The number of carbonyl (C=O) groups excluding carboxylic acids is 1. The van der Waals surface area contributed by atoms with Gasteiger partial charge < -0.3 is 14.4 Å². The number of piperidine rings is 1. The average molecular weight is 414 g/mol. The first-order valence-electron chi connectivity index (χ1n) is 10.1. The predicted molar refractivity (Wildman–Crippen MR) is 103 cm³/mol. The zero-order valence-corrected chi connectivity index (χ0v) is 17.0. The van der Waals surface area contributed by atoms with Gasteiger partial charge in [0.15, 0.2) is 0 Å². The number of methoxy groups -OCH3 is 2. The Bertz CT molecular complexity index is 681. The van der Waals surface area contributed by atoms with Gasteiger partial charge in [0.2, 0.25) is 5.91 Å². The highest BCUT2D eigenvalue weighted by atomic mass is 19.4. The van der Waals surface area contributed by atoms with Crippen LogP contribution in [0.2, 0.25) is 0 Å².